The van der Waals surface area contributed by atoms with Crippen LogP contribution in [0, 0.1) is 5.92 Å². The highest BCUT2D eigenvalue weighted by molar-refractivity contribution is 5.74. The van der Waals surface area contributed by atoms with Gasteiger partial charge < -0.3 is 15.4 Å². The van der Waals surface area contributed by atoms with Crippen molar-refractivity contribution >= 4 is 6.03 Å². The SMILES string of the molecule is C[C@@H](NC(=O)NCc1ccnc(OC(F)F)c1)C1CC1.F.FCF.[HH].[HH]. The van der Waals surface area contributed by atoms with E-state index in [-0.39, 0.29) is 32.1 Å². The molecule has 0 radical (unpaired) electrons. The smallest absolute Gasteiger partial charge is 0.388 e. The van der Waals surface area contributed by atoms with Gasteiger partial charge in [-0.05, 0) is 37.3 Å². The lowest BCUT2D eigenvalue weighted by Gasteiger charge is -2.13. The van der Waals surface area contributed by atoms with E-state index in [1.807, 2.05) is 6.92 Å². The summed E-state index contributed by atoms with van der Waals surface area (Å²) in [6, 6.07) is 2.89. The number of carbonyl (C=O) groups excluding carboxylic acids is 1. The third-order valence-electron chi connectivity index (χ3n) is 3.15. The van der Waals surface area contributed by atoms with Gasteiger partial charge in [0.15, 0.2) is 0 Å². The van der Waals surface area contributed by atoms with Gasteiger partial charge in [0.05, 0.1) is 0 Å². The molecular formula is C14H24F5N3O2. The molecule has 1 aromatic heterocycles. The number of nitrogens with one attached hydrogen (secondary N) is 2. The second-order valence-electron chi connectivity index (χ2n) is 4.93. The van der Waals surface area contributed by atoms with Crippen LogP contribution < -0.4 is 15.4 Å². The molecule has 1 saturated carbocycles. The van der Waals surface area contributed by atoms with Crippen molar-refractivity contribution in [1.29, 1.82) is 0 Å². The third-order valence-corrected chi connectivity index (χ3v) is 3.15. The first kappa shape index (κ1) is 21.9. The van der Waals surface area contributed by atoms with Crippen LogP contribution in [-0.4, -0.2) is 30.6 Å². The Hall–Kier alpha value is -2.13. The monoisotopic (exact) mass is 361 g/mol. The summed E-state index contributed by atoms with van der Waals surface area (Å²) in [5, 5.41) is 5.51. The van der Waals surface area contributed by atoms with E-state index in [1.165, 1.54) is 12.3 Å². The number of amides is 2. The average molecular weight is 361 g/mol. The van der Waals surface area contributed by atoms with Gasteiger partial charge in [-0.1, -0.05) is 0 Å². The van der Waals surface area contributed by atoms with E-state index in [9.17, 15) is 22.4 Å². The molecule has 2 rings (SSSR count). The van der Waals surface area contributed by atoms with Crippen molar-refractivity contribution in [3.8, 4) is 5.88 Å². The number of ether oxygens (including phenoxy) is 1. The molecule has 2 amide bonds. The second-order valence-corrected chi connectivity index (χ2v) is 4.93. The zero-order chi connectivity index (χ0) is 17.2. The van der Waals surface area contributed by atoms with Crippen LogP contribution in [0.25, 0.3) is 0 Å². The van der Waals surface area contributed by atoms with Crippen molar-refractivity contribution in [3.05, 3.63) is 23.9 Å². The van der Waals surface area contributed by atoms with Crippen molar-refractivity contribution in [2.24, 2.45) is 5.92 Å². The fourth-order valence-electron chi connectivity index (χ4n) is 1.87. The molecule has 1 fully saturated rings. The molecule has 1 heterocycles. The number of alkyl halides is 4. The Morgan fingerprint density at radius 3 is 2.62 bits per heavy atom. The van der Waals surface area contributed by atoms with Crippen molar-refractivity contribution in [1.82, 2.24) is 15.6 Å². The van der Waals surface area contributed by atoms with Crippen molar-refractivity contribution in [2.45, 2.75) is 39.0 Å². The summed E-state index contributed by atoms with van der Waals surface area (Å²) < 4.78 is 47.5. The summed E-state index contributed by atoms with van der Waals surface area (Å²) >= 11 is 0. The first-order chi connectivity index (χ1) is 11.0. The van der Waals surface area contributed by atoms with Crippen LogP contribution in [0.2, 0.25) is 0 Å². The number of carbonyl (C=O) groups is 1. The number of urea groups is 1. The van der Waals surface area contributed by atoms with E-state index in [1.54, 1.807) is 6.07 Å². The summed E-state index contributed by atoms with van der Waals surface area (Å²) in [4.78, 5) is 15.3. The Morgan fingerprint density at radius 2 is 2.08 bits per heavy atom. The molecule has 2 N–H and O–H groups in total. The van der Waals surface area contributed by atoms with E-state index in [2.05, 4.69) is 20.4 Å². The molecule has 0 aromatic carbocycles. The van der Waals surface area contributed by atoms with E-state index in [4.69, 9.17) is 0 Å². The molecule has 5 nitrogen and oxygen atoms in total. The maximum atomic E-state index is 12.0. The molecule has 0 aliphatic heterocycles. The maximum Gasteiger partial charge on any atom is 0.388 e. The summed E-state index contributed by atoms with van der Waals surface area (Å²) in [5.41, 5.74) is 0.643. The molecule has 0 bridgehead atoms. The zero-order valence-corrected chi connectivity index (χ0v) is 13.0. The molecule has 24 heavy (non-hydrogen) atoms. The van der Waals surface area contributed by atoms with E-state index < -0.39 is 13.5 Å². The largest absolute Gasteiger partial charge is 0.417 e. The molecule has 0 spiro atoms. The fraction of sp³-hybridized carbons (Fsp3) is 0.571. The number of rotatable bonds is 6. The van der Waals surface area contributed by atoms with Crippen LogP contribution in [-0.2, 0) is 6.54 Å². The Balaban J connectivity index is -0.000000825. The van der Waals surface area contributed by atoms with Gasteiger partial charge in [0, 0.05) is 27.7 Å². The van der Waals surface area contributed by atoms with E-state index in [0.29, 0.717) is 11.5 Å². The number of halogens is 5. The highest BCUT2D eigenvalue weighted by Gasteiger charge is 2.28. The van der Waals surface area contributed by atoms with E-state index in [0.717, 1.165) is 12.8 Å². The van der Waals surface area contributed by atoms with Gasteiger partial charge in [-0.2, -0.15) is 8.78 Å². The second kappa shape index (κ2) is 11.4. The molecule has 1 aliphatic rings. The molecule has 0 unspecified atom stereocenters. The summed E-state index contributed by atoms with van der Waals surface area (Å²) in [6.45, 7) is -2.46. The molecule has 10 heteroatoms. The van der Waals surface area contributed by atoms with Crippen LogP contribution >= 0.6 is 0 Å². The zero-order valence-electron chi connectivity index (χ0n) is 13.0. The molecule has 1 aliphatic carbocycles. The van der Waals surface area contributed by atoms with Gasteiger partial charge in [-0.3, -0.25) is 4.70 Å². The highest BCUT2D eigenvalue weighted by Crippen LogP contribution is 2.32. The molecule has 1 atom stereocenters. The first-order valence-corrected chi connectivity index (χ1v) is 7.02. The lowest BCUT2D eigenvalue weighted by atomic mass is 10.2. The van der Waals surface area contributed by atoms with Gasteiger partial charge >= 0.3 is 12.6 Å². The molecule has 1 aromatic rings. The van der Waals surface area contributed by atoms with Gasteiger partial charge in [0.1, 0.15) is 0 Å². The van der Waals surface area contributed by atoms with Gasteiger partial charge in [-0.25, -0.2) is 18.6 Å². The van der Waals surface area contributed by atoms with Crippen LogP contribution in [0.1, 0.15) is 28.2 Å². The number of hydrogen-bond acceptors (Lipinski definition) is 3. The first-order valence-electron chi connectivity index (χ1n) is 7.02. The maximum absolute atomic E-state index is 12.0. The normalized spacial score (nSPS) is 13.9. The van der Waals surface area contributed by atoms with Crippen LogP contribution in [0.15, 0.2) is 18.3 Å². The van der Waals surface area contributed by atoms with Crippen LogP contribution in [0.3, 0.4) is 0 Å². The lowest BCUT2D eigenvalue weighted by Crippen LogP contribution is -2.41. The quantitative estimate of drug-likeness (QED) is 0.758. The number of hydrogen-bond donors (Lipinski definition) is 2. The molecular weight excluding hydrogens is 337 g/mol. The van der Waals surface area contributed by atoms with Crippen molar-refractivity contribution in [3.63, 3.8) is 0 Å². The highest BCUT2D eigenvalue weighted by atomic mass is 19.3. The predicted octanol–water partition coefficient (Wildman–Crippen LogP) is 3.81. The Morgan fingerprint density at radius 1 is 1.46 bits per heavy atom. The van der Waals surface area contributed by atoms with Gasteiger partial charge in [-0.15, -0.1) is 0 Å². The Bertz CT molecular complexity index is 499. The molecule has 0 saturated heterocycles. The minimum Gasteiger partial charge on any atom is -0.417 e. The minimum absolute atomic E-state index is 0. The van der Waals surface area contributed by atoms with Crippen LogP contribution in [0.5, 0.6) is 5.88 Å². The summed E-state index contributed by atoms with van der Waals surface area (Å²) in [6.07, 6.45) is 3.67. The molecule has 142 valence electrons. The third kappa shape index (κ3) is 9.11. The van der Waals surface area contributed by atoms with Gasteiger partial charge in [0.2, 0.25) is 12.8 Å². The lowest BCUT2D eigenvalue weighted by molar-refractivity contribution is -0.0529. The minimum atomic E-state index is -2.91. The summed E-state index contributed by atoms with van der Waals surface area (Å²) in [5.74, 6) is 0.416. The van der Waals surface area contributed by atoms with Gasteiger partial charge in [0.25, 0.3) is 0 Å². The summed E-state index contributed by atoms with van der Waals surface area (Å²) in [7, 11) is 0. The number of nitrogens with zero attached hydrogens (tertiary/aromatic N) is 1. The van der Waals surface area contributed by atoms with E-state index >= 15 is 0 Å². The van der Waals surface area contributed by atoms with Crippen molar-refractivity contribution < 1.29 is 34.7 Å². The fourth-order valence-corrected chi connectivity index (χ4v) is 1.87. The Kier molecular flexibility index (Phi) is 10.4. The number of pyridine rings is 1. The topological polar surface area (TPSA) is 63.2 Å². The number of aromatic nitrogens is 1. The van der Waals surface area contributed by atoms with Crippen LogP contribution in [0.4, 0.5) is 27.1 Å². The standard InChI is InChI=1S/C13H17F2N3O2.CH2F2.FH.2H2/c1-8(10-2-3-10)18-13(19)17-7-9-4-5-16-11(6-9)20-12(14)15;2-1-3;;;/h4-6,8,10,12H,2-3,7H2,1H3,(H2,17,18,19);1H2;3*1H/t8-;;;;/m1..../s1. The predicted molar refractivity (Wildman–Crippen MR) is 82.2 cm³/mol. The Labute approximate surface area is 139 Å². The van der Waals surface area contributed by atoms with Crippen molar-refractivity contribution in [2.75, 3.05) is 6.93 Å². The average Bonchev–Trinajstić information content (AvgIpc) is 3.30.